The summed E-state index contributed by atoms with van der Waals surface area (Å²) in [5, 5.41) is 0. The molecule has 1 radical (unpaired) electrons. The maximum atomic E-state index is 11.3. The molecule has 47 valence electrons. The Bertz CT molecular complexity index is 74.5. The monoisotopic (exact) mass is 115 g/mol. The Morgan fingerprint density at radius 3 is 2.62 bits per heavy atom. The van der Waals surface area contributed by atoms with Crippen molar-refractivity contribution in [3.8, 4) is 0 Å². The first-order valence-corrected chi connectivity index (χ1v) is 2.88. The van der Waals surface area contributed by atoms with E-state index in [-0.39, 0.29) is 0 Å². The van der Waals surface area contributed by atoms with Crippen LogP contribution in [0.1, 0.15) is 26.7 Å². The average molecular weight is 115 g/mol. The van der Waals surface area contributed by atoms with E-state index in [4.69, 9.17) is 0 Å². The normalized spacial score (nSPS) is 12.1. The molecule has 0 saturated heterocycles. The van der Waals surface area contributed by atoms with Gasteiger partial charge in [-0.05, 0) is 19.8 Å². The molecule has 0 unspecified atom stereocenters. The molecule has 0 fully saturated rings. The van der Waals surface area contributed by atoms with E-state index in [2.05, 4.69) is 6.92 Å². The first kappa shape index (κ1) is 7.67. The summed E-state index contributed by atoms with van der Waals surface area (Å²) in [5.74, 6) is 0. The minimum Gasteiger partial charge on any atom is -0.244 e. The zero-order chi connectivity index (χ0) is 6.41. The van der Waals surface area contributed by atoms with Crippen LogP contribution in [-0.2, 0) is 0 Å². The van der Waals surface area contributed by atoms with Gasteiger partial charge in [0.1, 0.15) is 6.67 Å². The molecule has 0 saturated carbocycles. The van der Waals surface area contributed by atoms with Gasteiger partial charge in [0.15, 0.2) is 0 Å². The van der Waals surface area contributed by atoms with Crippen LogP contribution in [0.25, 0.3) is 0 Å². The third-order valence-corrected chi connectivity index (χ3v) is 1.11. The highest BCUT2D eigenvalue weighted by molar-refractivity contribution is 4.97. The molecule has 0 aromatic carbocycles. The topological polar surface area (TPSA) is 0 Å². The second kappa shape index (κ2) is 4.82. The highest BCUT2D eigenvalue weighted by Crippen LogP contribution is 2.00. The summed E-state index contributed by atoms with van der Waals surface area (Å²) >= 11 is 0. The molecule has 0 spiro atoms. The Labute approximate surface area is 50.4 Å². The summed E-state index contributed by atoms with van der Waals surface area (Å²) in [4.78, 5) is 0. The molecule has 8 heavy (non-hydrogen) atoms. The fourth-order valence-corrected chi connectivity index (χ4v) is 0.390. The van der Waals surface area contributed by atoms with Crippen molar-refractivity contribution in [3.63, 3.8) is 0 Å². The zero-order valence-corrected chi connectivity index (χ0v) is 5.45. The van der Waals surface area contributed by atoms with E-state index in [9.17, 15) is 4.39 Å². The second-order valence-corrected chi connectivity index (χ2v) is 1.79. The van der Waals surface area contributed by atoms with Gasteiger partial charge >= 0.3 is 0 Å². The van der Waals surface area contributed by atoms with Gasteiger partial charge in [-0.3, -0.25) is 0 Å². The molecule has 1 heteroatoms. The standard InChI is InChI=1S/C7H12F/c1-3-7(2)5-4-6-8/h5-6H,3-4H2,1-2H3. The van der Waals surface area contributed by atoms with Gasteiger partial charge in [-0.1, -0.05) is 18.6 Å². The minimum absolute atomic E-state index is 0.458. The van der Waals surface area contributed by atoms with Gasteiger partial charge in [0.05, 0.1) is 0 Å². The van der Waals surface area contributed by atoms with E-state index < -0.39 is 0 Å². The summed E-state index contributed by atoms with van der Waals surface area (Å²) in [6.07, 6.45) is 3.37. The molecule has 0 bridgehead atoms. The molecular weight excluding hydrogens is 103 g/mol. The van der Waals surface area contributed by atoms with Gasteiger partial charge in [-0.15, -0.1) is 0 Å². The number of allylic oxidation sites excluding steroid dienone is 2. The highest BCUT2D eigenvalue weighted by Gasteiger charge is 1.81. The van der Waals surface area contributed by atoms with Crippen LogP contribution < -0.4 is 0 Å². The van der Waals surface area contributed by atoms with Crippen LogP contribution in [0.4, 0.5) is 4.39 Å². The molecule has 0 amide bonds. The largest absolute Gasteiger partial charge is 0.244 e. The van der Waals surface area contributed by atoms with Crippen LogP contribution in [0.5, 0.6) is 0 Å². The second-order valence-electron chi connectivity index (χ2n) is 1.79. The molecule has 0 aliphatic carbocycles. The molecule has 0 rings (SSSR count). The Hall–Kier alpha value is -0.330. The van der Waals surface area contributed by atoms with Crippen molar-refractivity contribution >= 4 is 0 Å². The first-order valence-electron chi connectivity index (χ1n) is 2.88. The van der Waals surface area contributed by atoms with Crippen LogP contribution in [0.3, 0.4) is 0 Å². The molecule has 0 aromatic heterocycles. The van der Waals surface area contributed by atoms with Crippen LogP contribution in [0.2, 0.25) is 0 Å². The van der Waals surface area contributed by atoms with E-state index in [0.717, 1.165) is 6.42 Å². The van der Waals surface area contributed by atoms with Gasteiger partial charge in [-0.2, -0.15) is 0 Å². The predicted molar refractivity (Wildman–Crippen MR) is 34.1 cm³/mol. The van der Waals surface area contributed by atoms with E-state index in [0.29, 0.717) is 13.1 Å². The van der Waals surface area contributed by atoms with Crippen molar-refractivity contribution in [2.24, 2.45) is 0 Å². The summed E-state index contributed by atoms with van der Waals surface area (Å²) in [6, 6.07) is 0. The minimum atomic E-state index is 0.458. The van der Waals surface area contributed by atoms with Crippen molar-refractivity contribution in [1.82, 2.24) is 0 Å². The molecule has 0 heterocycles. The van der Waals surface area contributed by atoms with Crippen molar-refractivity contribution in [3.05, 3.63) is 18.3 Å². The third-order valence-electron chi connectivity index (χ3n) is 1.11. The summed E-state index contributed by atoms with van der Waals surface area (Å²) < 4.78 is 11.3. The smallest absolute Gasteiger partial charge is 0.135 e. The molecule has 0 aliphatic rings. The van der Waals surface area contributed by atoms with E-state index in [1.807, 2.05) is 13.0 Å². The molecule has 0 N–H and O–H groups in total. The average Bonchev–Trinajstić information content (AvgIpc) is 1.83. The van der Waals surface area contributed by atoms with Crippen LogP contribution in [0.15, 0.2) is 11.6 Å². The molecule has 0 nitrogen and oxygen atoms in total. The van der Waals surface area contributed by atoms with Gasteiger partial charge < -0.3 is 0 Å². The fraction of sp³-hybridized carbons (Fsp3) is 0.571. The Kier molecular flexibility index (Phi) is 4.62. The fourth-order valence-electron chi connectivity index (χ4n) is 0.390. The number of hydrogen-bond donors (Lipinski definition) is 0. The maximum absolute atomic E-state index is 11.3. The maximum Gasteiger partial charge on any atom is 0.135 e. The molecule has 0 aliphatic heterocycles. The summed E-state index contributed by atoms with van der Waals surface area (Å²) in [6.45, 7) is 4.73. The number of halogens is 1. The SMILES string of the molecule is CCC(C)=CC[CH]F. The van der Waals surface area contributed by atoms with Crippen molar-refractivity contribution in [1.29, 1.82) is 0 Å². The number of rotatable bonds is 3. The lowest BCUT2D eigenvalue weighted by atomic mass is 10.2. The summed E-state index contributed by atoms with van der Waals surface area (Å²) in [7, 11) is 0. The van der Waals surface area contributed by atoms with Gasteiger partial charge in [0.25, 0.3) is 0 Å². The van der Waals surface area contributed by atoms with Crippen molar-refractivity contribution < 1.29 is 4.39 Å². The van der Waals surface area contributed by atoms with Crippen LogP contribution in [0, 0.1) is 6.67 Å². The van der Waals surface area contributed by atoms with Gasteiger partial charge in [-0.25, -0.2) is 4.39 Å². The van der Waals surface area contributed by atoms with E-state index in [1.165, 1.54) is 5.57 Å². The molecule has 0 atom stereocenters. The van der Waals surface area contributed by atoms with E-state index in [1.54, 1.807) is 0 Å². The highest BCUT2D eigenvalue weighted by atomic mass is 19.1. The Morgan fingerprint density at radius 2 is 2.25 bits per heavy atom. The lowest BCUT2D eigenvalue weighted by Gasteiger charge is -1.89. The lowest BCUT2D eigenvalue weighted by molar-refractivity contribution is 0.603. The van der Waals surface area contributed by atoms with Gasteiger partial charge in [0.2, 0.25) is 0 Å². The first-order chi connectivity index (χ1) is 3.81. The quantitative estimate of drug-likeness (QED) is 0.496. The predicted octanol–water partition coefficient (Wildman–Crippen LogP) is 2.86. The van der Waals surface area contributed by atoms with Crippen LogP contribution in [-0.4, -0.2) is 0 Å². The van der Waals surface area contributed by atoms with E-state index >= 15 is 0 Å². The Morgan fingerprint density at radius 1 is 1.62 bits per heavy atom. The van der Waals surface area contributed by atoms with Crippen LogP contribution >= 0.6 is 0 Å². The molecular formula is C7H12F. The van der Waals surface area contributed by atoms with Crippen molar-refractivity contribution in [2.45, 2.75) is 26.7 Å². The third kappa shape index (κ3) is 3.85. The van der Waals surface area contributed by atoms with Crippen molar-refractivity contribution in [2.75, 3.05) is 0 Å². The Balaban J connectivity index is 3.26. The lowest BCUT2D eigenvalue weighted by Crippen LogP contribution is -1.70. The van der Waals surface area contributed by atoms with Gasteiger partial charge in [0, 0.05) is 0 Å². The number of hydrogen-bond acceptors (Lipinski definition) is 0. The zero-order valence-electron chi connectivity index (χ0n) is 5.45. The summed E-state index contributed by atoms with van der Waals surface area (Å²) in [5.41, 5.74) is 1.25. The molecule has 0 aromatic rings.